The minimum Gasteiger partial charge on any atom is -0.493 e. The molecule has 1 amide bonds. The van der Waals surface area contributed by atoms with Crippen LogP contribution in [0.15, 0.2) is 30.3 Å². The van der Waals surface area contributed by atoms with Crippen LogP contribution in [-0.4, -0.2) is 41.0 Å². The van der Waals surface area contributed by atoms with Gasteiger partial charge in [-0.25, -0.2) is 8.60 Å². The Morgan fingerprint density at radius 3 is 2.51 bits per heavy atom. The van der Waals surface area contributed by atoms with Crippen LogP contribution in [0.2, 0.25) is 10.0 Å². The van der Waals surface area contributed by atoms with Gasteiger partial charge in [-0.2, -0.15) is 0 Å². The summed E-state index contributed by atoms with van der Waals surface area (Å²) in [4.78, 5) is 14.7. The van der Waals surface area contributed by atoms with Crippen molar-refractivity contribution in [2.24, 2.45) is 5.41 Å². The van der Waals surface area contributed by atoms with E-state index >= 15 is 0 Å². The highest BCUT2D eigenvalue weighted by Gasteiger charge is 2.34. The Kier molecular flexibility index (Phi) is 8.11. The third kappa shape index (κ3) is 6.37. The van der Waals surface area contributed by atoms with Gasteiger partial charge < -0.3 is 4.74 Å². The number of amides is 1. The summed E-state index contributed by atoms with van der Waals surface area (Å²) in [6.07, 6.45) is 5.21. The fraction of sp³-hybridized carbons (Fsp3) is 0.500. The van der Waals surface area contributed by atoms with E-state index in [9.17, 15) is 13.4 Å². The summed E-state index contributed by atoms with van der Waals surface area (Å²) in [5.41, 5.74) is 1.86. The van der Waals surface area contributed by atoms with E-state index in [0.717, 1.165) is 49.9 Å². The molecule has 0 radical (unpaired) electrons. The molecule has 2 aromatic carbocycles. The normalized spacial score (nSPS) is 19.7. The molecule has 35 heavy (non-hydrogen) atoms. The molecule has 1 aliphatic carbocycles. The molecular weight excluding hydrogens is 510 g/mol. The predicted octanol–water partition coefficient (Wildman–Crippen LogP) is 6.28. The van der Waals surface area contributed by atoms with Crippen LogP contribution >= 0.6 is 23.2 Å². The Morgan fingerprint density at radius 1 is 1.23 bits per heavy atom. The number of hydrogen-bond donors (Lipinski definition) is 1. The molecule has 2 aliphatic rings. The van der Waals surface area contributed by atoms with Gasteiger partial charge in [-0.1, -0.05) is 36.2 Å². The first-order valence-electron chi connectivity index (χ1n) is 11.9. The first kappa shape index (κ1) is 26.4. The summed E-state index contributed by atoms with van der Waals surface area (Å²) < 4.78 is 34.6. The van der Waals surface area contributed by atoms with E-state index in [2.05, 4.69) is 23.5 Å². The average molecular weight is 542 g/mol. The first-order valence-corrected chi connectivity index (χ1v) is 14.2. The second-order valence-electron chi connectivity index (χ2n) is 10.0. The van der Waals surface area contributed by atoms with E-state index in [-0.39, 0.29) is 22.9 Å². The molecule has 190 valence electrons. The van der Waals surface area contributed by atoms with Crippen LogP contribution in [0.1, 0.15) is 73.0 Å². The molecule has 1 aliphatic heterocycles. The van der Waals surface area contributed by atoms with Crippen LogP contribution < -0.4 is 9.46 Å². The maximum atomic E-state index is 14.8. The molecule has 1 saturated heterocycles. The summed E-state index contributed by atoms with van der Waals surface area (Å²) >= 11 is 12.3. The predicted molar refractivity (Wildman–Crippen MR) is 139 cm³/mol. The van der Waals surface area contributed by atoms with Crippen molar-refractivity contribution >= 4 is 40.1 Å². The summed E-state index contributed by atoms with van der Waals surface area (Å²) in [6, 6.07) is 8.89. The average Bonchev–Trinajstić information content (AvgIpc) is 3.64. The number of nitrogens with one attached hydrogen (secondary N) is 1. The van der Waals surface area contributed by atoms with Gasteiger partial charge in [0.1, 0.15) is 22.6 Å². The summed E-state index contributed by atoms with van der Waals surface area (Å²) in [5.74, 6) is -0.562. The first-order chi connectivity index (χ1) is 16.6. The van der Waals surface area contributed by atoms with Gasteiger partial charge >= 0.3 is 0 Å². The lowest BCUT2D eigenvalue weighted by Crippen LogP contribution is -2.42. The number of likely N-dealkylation sites (tertiary alicyclic amines) is 1. The van der Waals surface area contributed by atoms with Crippen molar-refractivity contribution < 1.29 is 18.1 Å². The Balaban J connectivity index is 1.40. The standard InChI is InChI=1S/C26H31Cl2FN2O3S/c1-16(18-6-7-21(27)22(28)12-18)31-10-8-26(2,9-11-31)15-34-24-14-23(29)20(25(32)30-35(3)33)13-19(24)17-4-5-17/h6-7,12-14,16-17H,4-5,8-11,15H2,1-3H3,(H,30,32). The van der Waals surface area contributed by atoms with Crippen LogP contribution in [-0.2, 0) is 11.0 Å². The van der Waals surface area contributed by atoms with E-state index < -0.39 is 22.7 Å². The van der Waals surface area contributed by atoms with E-state index in [1.807, 2.05) is 18.2 Å². The van der Waals surface area contributed by atoms with E-state index in [1.54, 1.807) is 6.07 Å². The largest absolute Gasteiger partial charge is 0.493 e. The molecule has 0 bridgehead atoms. The van der Waals surface area contributed by atoms with Crippen molar-refractivity contribution in [3.05, 3.63) is 62.9 Å². The zero-order valence-electron chi connectivity index (χ0n) is 20.2. The number of halogens is 3. The van der Waals surface area contributed by atoms with Crippen molar-refractivity contribution in [3.8, 4) is 5.75 Å². The lowest BCUT2D eigenvalue weighted by molar-refractivity contribution is 0.0510. The molecular formula is C26H31Cl2FN2O3S. The maximum absolute atomic E-state index is 14.8. The van der Waals surface area contributed by atoms with Crippen molar-refractivity contribution in [2.75, 3.05) is 26.0 Å². The quantitative estimate of drug-likeness (QED) is 0.428. The molecule has 0 aromatic heterocycles. The maximum Gasteiger partial charge on any atom is 0.265 e. The number of piperidine rings is 1. The third-order valence-electron chi connectivity index (χ3n) is 7.15. The van der Waals surface area contributed by atoms with Crippen LogP contribution in [0.5, 0.6) is 5.75 Å². The second-order valence-corrected chi connectivity index (χ2v) is 11.9. The zero-order valence-corrected chi connectivity index (χ0v) is 22.5. The summed E-state index contributed by atoms with van der Waals surface area (Å²) in [7, 11) is -1.56. The van der Waals surface area contributed by atoms with E-state index in [1.165, 1.54) is 12.3 Å². The monoisotopic (exact) mass is 540 g/mol. The fourth-order valence-corrected chi connectivity index (χ4v) is 5.28. The van der Waals surface area contributed by atoms with Gasteiger partial charge in [-0.05, 0) is 80.9 Å². The van der Waals surface area contributed by atoms with Gasteiger partial charge in [0.2, 0.25) is 0 Å². The van der Waals surface area contributed by atoms with Crippen molar-refractivity contribution in [2.45, 2.75) is 51.5 Å². The van der Waals surface area contributed by atoms with Gasteiger partial charge in [-0.3, -0.25) is 14.4 Å². The highest BCUT2D eigenvalue weighted by atomic mass is 35.5. The van der Waals surface area contributed by atoms with Crippen LogP contribution in [0.3, 0.4) is 0 Å². The lowest BCUT2D eigenvalue weighted by atomic mass is 9.80. The summed E-state index contributed by atoms with van der Waals surface area (Å²) in [5, 5.41) is 1.12. The molecule has 2 atom stereocenters. The highest BCUT2D eigenvalue weighted by molar-refractivity contribution is 7.82. The number of nitrogens with zero attached hydrogens (tertiary/aromatic N) is 1. The zero-order chi connectivity index (χ0) is 25.3. The molecule has 0 spiro atoms. The summed E-state index contributed by atoms with van der Waals surface area (Å²) in [6.45, 7) is 6.69. The molecule has 1 saturated carbocycles. The molecule has 2 aromatic rings. The second kappa shape index (κ2) is 10.8. The molecule has 4 rings (SSSR count). The number of hydrogen-bond acceptors (Lipinski definition) is 4. The van der Waals surface area contributed by atoms with Crippen molar-refractivity contribution in [1.82, 2.24) is 9.62 Å². The van der Waals surface area contributed by atoms with Gasteiger partial charge in [-0.15, -0.1) is 0 Å². The van der Waals surface area contributed by atoms with Crippen molar-refractivity contribution in [3.63, 3.8) is 0 Å². The van der Waals surface area contributed by atoms with Gasteiger partial charge in [0.25, 0.3) is 5.91 Å². The van der Waals surface area contributed by atoms with E-state index in [4.69, 9.17) is 27.9 Å². The van der Waals surface area contributed by atoms with Gasteiger partial charge in [0.05, 0.1) is 22.2 Å². The van der Waals surface area contributed by atoms with Gasteiger partial charge in [0, 0.05) is 23.8 Å². The minimum absolute atomic E-state index is 0.0414. The Morgan fingerprint density at radius 2 is 1.91 bits per heavy atom. The van der Waals surface area contributed by atoms with Crippen LogP contribution in [0, 0.1) is 11.2 Å². The third-order valence-corrected chi connectivity index (χ3v) is 8.36. The topological polar surface area (TPSA) is 58.6 Å². The Bertz CT molecular complexity index is 1130. The molecule has 1 heterocycles. The number of ether oxygens (including phenoxy) is 1. The SMILES string of the molecule is CC(c1ccc(Cl)c(Cl)c1)N1CCC(C)(COc2cc(F)c(C(=O)NS(C)=O)cc2C2CC2)CC1. The number of carbonyl (C=O) groups is 1. The molecule has 2 fully saturated rings. The van der Waals surface area contributed by atoms with Gasteiger partial charge in [0.15, 0.2) is 0 Å². The lowest BCUT2D eigenvalue weighted by Gasteiger charge is -2.42. The Hall–Kier alpha value is -1.67. The number of rotatable bonds is 8. The highest BCUT2D eigenvalue weighted by Crippen LogP contribution is 2.46. The van der Waals surface area contributed by atoms with E-state index in [0.29, 0.717) is 22.4 Å². The smallest absolute Gasteiger partial charge is 0.265 e. The fourth-order valence-electron chi connectivity index (χ4n) is 4.60. The molecule has 1 N–H and O–H groups in total. The van der Waals surface area contributed by atoms with Crippen LogP contribution in [0.25, 0.3) is 0 Å². The van der Waals surface area contributed by atoms with Crippen LogP contribution in [0.4, 0.5) is 4.39 Å². The molecule has 9 heteroatoms. The number of carbonyl (C=O) groups excluding carboxylic acids is 1. The number of benzene rings is 2. The Labute approximate surface area is 218 Å². The minimum atomic E-state index is -1.56. The molecule has 5 nitrogen and oxygen atoms in total. The molecule has 2 unspecified atom stereocenters. The van der Waals surface area contributed by atoms with Crippen molar-refractivity contribution in [1.29, 1.82) is 0 Å².